The summed E-state index contributed by atoms with van der Waals surface area (Å²) in [5, 5.41) is 12.5. The summed E-state index contributed by atoms with van der Waals surface area (Å²) in [5.74, 6) is 0. The number of benzene rings is 1. The molecule has 4 nitrogen and oxygen atoms in total. The Hall–Kier alpha value is -1.55. The Morgan fingerprint density at radius 2 is 2.00 bits per heavy atom. The van der Waals surface area contributed by atoms with Crippen molar-refractivity contribution in [2.45, 2.75) is 24.8 Å². The first kappa shape index (κ1) is 11.5. The summed E-state index contributed by atoms with van der Waals surface area (Å²) in [4.78, 5) is 12.5. The summed E-state index contributed by atoms with van der Waals surface area (Å²) in [6.45, 7) is 3.19. The van der Waals surface area contributed by atoms with Crippen molar-refractivity contribution in [1.82, 2.24) is 10.2 Å². The molecule has 0 radical (unpaired) electrons. The lowest BCUT2D eigenvalue weighted by Crippen LogP contribution is -2.51. The number of likely N-dealkylation sites (tertiary alicyclic amines) is 1. The van der Waals surface area contributed by atoms with E-state index in [0.29, 0.717) is 13.1 Å². The predicted octanol–water partition coefficient (Wildman–Crippen LogP) is 1.80. The Morgan fingerprint density at radius 1 is 1.28 bits per heavy atom. The van der Waals surface area contributed by atoms with Gasteiger partial charge in [0.1, 0.15) is 0 Å². The largest absolute Gasteiger partial charge is 0.465 e. The number of nitrogens with one attached hydrogen (secondary N) is 1. The zero-order valence-corrected chi connectivity index (χ0v) is 10.4. The van der Waals surface area contributed by atoms with Gasteiger partial charge in [0.25, 0.3) is 0 Å². The normalized spacial score (nSPS) is 21.7. The molecule has 0 saturated carbocycles. The van der Waals surface area contributed by atoms with Crippen LogP contribution in [0.1, 0.15) is 24.0 Å². The van der Waals surface area contributed by atoms with E-state index < -0.39 is 6.09 Å². The molecule has 18 heavy (non-hydrogen) atoms. The molecule has 0 bridgehead atoms. The van der Waals surface area contributed by atoms with Gasteiger partial charge in [-0.15, -0.1) is 0 Å². The van der Waals surface area contributed by atoms with E-state index in [1.807, 2.05) is 0 Å². The van der Waals surface area contributed by atoms with Gasteiger partial charge in [0, 0.05) is 31.6 Å². The molecule has 2 N–H and O–H groups in total. The molecule has 0 unspecified atom stereocenters. The molecule has 0 atom stereocenters. The highest BCUT2D eigenvalue weighted by molar-refractivity contribution is 5.65. The van der Waals surface area contributed by atoms with Gasteiger partial charge in [-0.05, 0) is 24.0 Å². The standard InChI is InChI=1S/C14H18N2O2/c17-13(18)16-7-5-14(6-8-16)10-15-9-11-3-1-2-4-12(11)14/h1-4,15H,5-10H2,(H,17,18). The van der Waals surface area contributed by atoms with Crippen LogP contribution < -0.4 is 5.32 Å². The van der Waals surface area contributed by atoms with E-state index >= 15 is 0 Å². The van der Waals surface area contributed by atoms with E-state index in [-0.39, 0.29) is 5.41 Å². The minimum Gasteiger partial charge on any atom is -0.465 e. The Balaban J connectivity index is 1.88. The molecule has 0 aromatic heterocycles. The highest BCUT2D eigenvalue weighted by Gasteiger charge is 2.40. The van der Waals surface area contributed by atoms with Gasteiger partial charge in [0.05, 0.1) is 0 Å². The second-order valence-electron chi connectivity index (χ2n) is 5.31. The van der Waals surface area contributed by atoms with Crippen LogP contribution in [0.3, 0.4) is 0 Å². The van der Waals surface area contributed by atoms with Crippen LogP contribution in [0.15, 0.2) is 24.3 Å². The minimum absolute atomic E-state index is 0.140. The number of rotatable bonds is 0. The highest BCUT2D eigenvalue weighted by atomic mass is 16.4. The van der Waals surface area contributed by atoms with E-state index in [2.05, 4.69) is 29.6 Å². The van der Waals surface area contributed by atoms with Gasteiger partial charge >= 0.3 is 6.09 Å². The lowest BCUT2D eigenvalue weighted by molar-refractivity contribution is 0.113. The average molecular weight is 246 g/mol. The van der Waals surface area contributed by atoms with Gasteiger partial charge in [-0.1, -0.05) is 24.3 Å². The van der Waals surface area contributed by atoms with Crippen LogP contribution in [-0.2, 0) is 12.0 Å². The van der Waals surface area contributed by atoms with E-state index in [1.54, 1.807) is 0 Å². The third-order valence-electron chi connectivity index (χ3n) is 4.36. The third-order valence-corrected chi connectivity index (χ3v) is 4.36. The van der Waals surface area contributed by atoms with Crippen LogP contribution in [0.5, 0.6) is 0 Å². The van der Waals surface area contributed by atoms with Crippen molar-refractivity contribution in [3.05, 3.63) is 35.4 Å². The topological polar surface area (TPSA) is 52.6 Å². The second kappa shape index (κ2) is 4.28. The summed E-state index contributed by atoms with van der Waals surface area (Å²) in [7, 11) is 0. The van der Waals surface area contributed by atoms with Crippen molar-refractivity contribution in [2.24, 2.45) is 0 Å². The summed E-state index contributed by atoms with van der Waals surface area (Å²) in [6.07, 6.45) is 1.05. The molecule has 1 amide bonds. The van der Waals surface area contributed by atoms with E-state index in [1.165, 1.54) is 16.0 Å². The number of fused-ring (bicyclic) bond motifs is 2. The summed E-state index contributed by atoms with van der Waals surface area (Å²) in [5.41, 5.74) is 2.93. The molecule has 1 fully saturated rings. The third kappa shape index (κ3) is 1.77. The van der Waals surface area contributed by atoms with Crippen LogP contribution in [0.25, 0.3) is 0 Å². The molecule has 1 spiro atoms. The molecule has 3 rings (SSSR count). The van der Waals surface area contributed by atoms with E-state index in [4.69, 9.17) is 5.11 Å². The average Bonchev–Trinajstić information content (AvgIpc) is 2.40. The monoisotopic (exact) mass is 246 g/mol. The molecule has 1 aromatic carbocycles. The Kier molecular flexibility index (Phi) is 2.74. The maximum absolute atomic E-state index is 11.0. The lowest BCUT2D eigenvalue weighted by Gasteiger charge is -2.45. The number of hydrogen-bond acceptors (Lipinski definition) is 2. The van der Waals surface area contributed by atoms with E-state index in [9.17, 15) is 4.79 Å². The maximum atomic E-state index is 11.0. The molecular weight excluding hydrogens is 228 g/mol. The van der Waals surface area contributed by atoms with Crippen LogP contribution in [-0.4, -0.2) is 35.7 Å². The molecule has 0 aliphatic carbocycles. The fourth-order valence-corrected chi connectivity index (χ4v) is 3.30. The van der Waals surface area contributed by atoms with Crippen molar-refractivity contribution in [1.29, 1.82) is 0 Å². The first-order chi connectivity index (χ1) is 8.71. The molecule has 2 aliphatic heterocycles. The zero-order chi connectivity index (χ0) is 12.6. The molecule has 96 valence electrons. The Morgan fingerprint density at radius 3 is 2.72 bits per heavy atom. The smallest absolute Gasteiger partial charge is 0.407 e. The molecule has 2 heterocycles. The molecule has 1 aromatic rings. The van der Waals surface area contributed by atoms with Crippen molar-refractivity contribution in [2.75, 3.05) is 19.6 Å². The quantitative estimate of drug-likeness (QED) is 0.734. The molecule has 4 heteroatoms. The highest BCUT2D eigenvalue weighted by Crippen LogP contribution is 2.39. The molecule has 2 aliphatic rings. The summed E-state index contributed by atoms with van der Waals surface area (Å²) in [6, 6.07) is 8.56. The number of carboxylic acid groups (broad SMARTS) is 1. The minimum atomic E-state index is -0.790. The van der Waals surface area contributed by atoms with Crippen LogP contribution >= 0.6 is 0 Å². The fourth-order valence-electron chi connectivity index (χ4n) is 3.30. The summed E-state index contributed by atoms with van der Waals surface area (Å²) < 4.78 is 0. The fraction of sp³-hybridized carbons (Fsp3) is 0.500. The number of carbonyl (C=O) groups is 1. The van der Waals surface area contributed by atoms with Crippen LogP contribution in [0, 0.1) is 0 Å². The predicted molar refractivity (Wildman–Crippen MR) is 68.7 cm³/mol. The van der Waals surface area contributed by atoms with Crippen molar-refractivity contribution in [3.8, 4) is 0 Å². The second-order valence-corrected chi connectivity index (χ2v) is 5.31. The number of amides is 1. The van der Waals surface area contributed by atoms with Crippen molar-refractivity contribution < 1.29 is 9.90 Å². The van der Waals surface area contributed by atoms with Gasteiger partial charge in [-0.3, -0.25) is 0 Å². The van der Waals surface area contributed by atoms with Crippen LogP contribution in [0.2, 0.25) is 0 Å². The van der Waals surface area contributed by atoms with Crippen molar-refractivity contribution in [3.63, 3.8) is 0 Å². The number of nitrogens with zero attached hydrogens (tertiary/aromatic N) is 1. The summed E-state index contributed by atoms with van der Waals surface area (Å²) >= 11 is 0. The first-order valence-electron chi connectivity index (χ1n) is 6.48. The van der Waals surface area contributed by atoms with Gasteiger partial charge in [0.2, 0.25) is 0 Å². The number of piperidine rings is 1. The van der Waals surface area contributed by atoms with Gasteiger partial charge < -0.3 is 15.3 Å². The van der Waals surface area contributed by atoms with Gasteiger partial charge in [-0.2, -0.15) is 0 Å². The van der Waals surface area contributed by atoms with Crippen LogP contribution in [0.4, 0.5) is 4.79 Å². The maximum Gasteiger partial charge on any atom is 0.407 e. The SMILES string of the molecule is O=C(O)N1CCC2(CC1)CNCc1ccccc12. The van der Waals surface area contributed by atoms with E-state index in [0.717, 1.165) is 25.9 Å². The lowest BCUT2D eigenvalue weighted by atomic mass is 9.69. The van der Waals surface area contributed by atoms with Gasteiger partial charge in [0.15, 0.2) is 0 Å². The number of hydrogen-bond donors (Lipinski definition) is 2. The first-order valence-corrected chi connectivity index (χ1v) is 6.48. The Labute approximate surface area is 107 Å². The van der Waals surface area contributed by atoms with Crippen molar-refractivity contribution >= 4 is 6.09 Å². The molecule has 1 saturated heterocycles. The molecular formula is C14H18N2O2. The van der Waals surface area contributed by atoms with Gasteiger partial charge in [-0.25, -0.2) is 4.79 Å². The Bertz CT molecular complexity index is 465. The zero-order valence-electron chi connectivity index (χ0n) is 10.4.